The van der Waals surface area contributed by atoms with Crippen LogP contribution in [0.2, 0.25) is 0 Å². The van der Waals surface area contributed by atoms with Gasteiger partial charge in [0.1, 0.15) is 0 Å². The van der Waals surface area contributed by atoms with Gasteiger partial charge in [0.2, 0.25) is 11.8 Å². The second kappa shape index (κ2) is 7.16. The molecular formula is C19H26N2O2. The van der Waals surface area contributed by atoms with Crippen LogP contribution in [0.5, 0.6) is 0 Å². The number of piperidine rings is 1. The van der Waals surface area contributed by atoms with Gasteiger partial charge in [0.25, 0.3) is 0 Å². The number of amides is 2. The van der Waals surface area contributed by atoms with Crippen molar-refractivity contribution in [2.75, 3.05) is 13.6 Å². The summed E-state index contributed by atoms with van der Waals surface area (Å²) in [6, 6.07) is 10.4. The van der Waals surface area contributed by atoms with Gasteiger partial charge in [0, 0.05) is 25.9 Å². The van der Waals surface area contributed by atoms with Crippen molar-refractivity contribution in [1.29, 1.82) is 0 Å². The van der Waals surface area contributed by atoms with Crippen LogP contribution >= 0.6 is 0 Å². The summed E-state index contributed by atoms with van der Waals surface area (Å²) in [6.45, 7) is 0.677. The summed E-state index contributed by atoms with van der Waals surface area (Å²) in [4.78, 5) is 26.3. The van der Waals surface area contributed by atoms with Gasteiger partial charge in [-0.3, -0.25) is 9.59 Å². The molecule has 1 aliphatic heterocycles. The number of nitrogens with zero attached hydrogens (tertiary/aromatic N) is 1. The fraction of sp³-hybridized carbons (Fsp3) is 0.579. The number of rotatable bonds is 4. The number of carbonyl (C=O) groups is 2. The van der Waals surface area contributed by atoms with E-state index in [-0.39, 0.29) is 23.8 Å². The molecule has 1 aromatic rings. The maximum absolute atomic E-state index is 12.7. The molecule has 23 heavy (non-hydrogen) atoms. The van der Waals surface area contributed by atoms with Gasteiger partial charge in [-0.25, -0.2) is 0 Å². The third kappa shape index (κ3) is 3.74. The highest BCUT2D eigenvalue weighted by Crippen LogP contribution is 2.36. The first-order chi connectivity index (χ1) is 11.1. The molecule has 1 saturated carbocycles. The van der Waals surface area contributed by atoms with E-state index in [1.807, 2.05) is 25.2 Å². The Balaban J connectivity index is 1.70. The highest BCUT2D eigenvalue weighted by molar-refractivity contribution is 5.87. The lowest BCUT2D eigenvalue weighted by Crippen LogP contribution is -2.43. The SMILES string of the molecule is CN1CCC(C(=O)NC(c2ccccc2)C2CCCC2)CC1=O. The fourth-order valence-electron chi connectivity index (χ4n) is 3.86. The van der Waals surface area contributed by atoms with Crippen molar-refractivity contribution >= 4 is 11.8 Å². The van der Waals surface area contributed by atoms with E-state index in [2.05, 4.69) is 17.4 Å². The Hall–Kier alpha value is -1.84. The zero-order valence-electron chi connectivity index (χ0n) is 13.8. The molecule has 4 heteroatoms. The maximum Gasteiger partial charge on any atom is 0.224 e. The Morgan fingerprint density at radius 2 is 1.87 bits per heavy atom. The number of benzene rings is 1. The number of hydrogen-bond donors (Lipinski definition) is 1. The fourth-order valence-corrected chi connectivity index (χ4v) is 3.86. The lowest BCUT2D eigenvalue weighted by molar-refractivity contribution is -0.139. The van der Waals surface area contributed by atoms with Crippen LogP contribution in [0.3, 0.4) is 0 Å². The van der Waals surface area contributed by atoms with Crippen LogP contribution in [0, 0.1) is 11.8 Å². The monoisotopic (exact) mass is 314 g/mol. The number of nitrogens with one attached hydrogen (secondary N) is 1. The van der Waals surface area contributed by atoms with E-state index >= 15 is 0 Å². The topological polar surface area (TPSA) is 49.4 Å². The molecule has 1 aromatic carbocycles. The molecule has 1 heterocycles. The van der Waals surface area contributed by atoms with E-state index < -0.39 is 0 Å². The zero-order valence-corrected chi connectivity index (χ0v) is 13.8. The Morgan fingerprint density at radius 3 is 2.52 bits per heavy atom. The molecule has 1 aliphatic carbocycles. The highest BCUT2D eigenvalue weighted by atomic mass is 16.2. The molecule has 0 bridgehead atoms. The molecule has 0 spiro atoms. The second-order valence-electron chi connectivity index (χ2n) is 6.95. The first-order valence-corrected chi connectivity index (χ1v) is 8.74. The van der Waals surface area contributed by atoms with Crippen LogP contribution < -0.4 is 5.32 Å². The van der Waals surface area contributed by atoms with Gasteiger partial charge in [-0.15, -0.1) is 0 Å². The summed E-state index contributed by atoms with van der Waals surface area (Å²) in [5, 5.41) is 3.27. The average molecular weight is 314 g/mol. The average Bonchev–Trinajstić information content (AvgIpc) is 3.10. The van der Waals surface area contributed by atoms with E-state index in [0.717, 1.165) is 6.42 Å². The maximum atomic E-state index is 12.7. The lowest BCUT2D eigenvalue weighted by atomic mass is 9.89. The van der Waals surface area contributed by atoms with Crippen molar-refractivity contribution in [3.8, 4) is 0 Å². The molecular weight excluding hydrogens is 288 g/mol. The molecule has 2 aliphatic rings. The predicted molar refractivity (Wildman–Crippen MR) is 89.6 cm³/mol. The Labute approximate surface area is 138 Å². The molecule has 2 unspecified atom stereocenters. The molecule has 4 nitrogen and oxygen atoms in total. The summed E-state index contributed by atoms with van der Waals surface area (Å²) in [5.74, 6) is 0.468. The summed E-state index contributed by atoms with van der Waals surface area (Å²) in [5.41, 5.74) is 1.19. The number of carbonyl (C=O) groups excluding carboxylic acids is 2. The summed E-state index contributed by atoms with van der Waals surface area (Å²) >= 11 is 0. The smallest absolute Gasteiger partial charge is 0.224 e. The van der Waals surface area contributed by atoms with Gasteiger partial charge < -0.3 is 10.2 Å². The van der Waals surface area contributed by atoms with Crippen molar-refractivity contribution in [3.63, 3.8) is 0 Å². The lowest BCUT2D eigenvalue weighted by Gasteiger charge is -2.31. The number of likely N-dealkylation sites (tertiary alicyclic amines) is 1. The Kier molecular flexibility index (Phi) is 4.99. The van der Waals surface area contributed by atoms with E-state index in [9.17, 15) is 9.59 Å². The van der Waals surface area contributed by atoms with Crippen LogP contribution in [0.4, 0.5) is 0 Å². The minimum atomic E-state index is -0.175. The summed E-state index contributed by atoms with van der Waals surface area (Å²) in [7, 11) is 1.81. The minimum absolute atomic E-state index is 0.0483. The molecule has 3 rings (SSSR count). The molecule has 0 radical (unpaired) electrons. The summed E-state index contributed by atoms with van der Waals surface area (Å²) in [6.07, 6.45) is 5.94. The number of hydrogen-bond acceptors (Lipinski definition) is 2. The first-order valence-electron chi connectivity index (χ1n) is 8.74. The van der Waals surface area contributed by atoms with Gasteiger partial charge in [0.05, 0.1) is 6.04 Å². The molecule has 2 amide bonds. The molecule has 2 atom stereocenters. The van der Waals surface area contributed by atoms with E-state index in [4.69, 9.17) is 0 Å². The molecule has 1 N–H and O–H groups in total. The van der Waals surface area contributed by atoms with Crippen LogP contribution in [0.15, 0.2) is 30.3 Å². The van der Waals surface area contributed by atoms with Crippen LogP contribution in [0.25, 0.3) is 0 Å². The van der Waals surface area contributed by atoms with Gasteiger partial charge in [-0.1, -0.05) is 43.2 Å². The van der Waals surface area contributed by atoms with Gasteiger partial charge in [-0.2, -0.15) is 0 Å². The third-order valence-corrected chi connectivity index (χ3v) is 5.36. The van der Waals surface area contributed by atoms with Gasteiger partial charge in [-0.05, 0) is 30.7 Å². The molecule has 1 saturated heterocycles. The van der Waals surface area contributed by atoms with Gasteiger partial charge in [0.15, 0.2) is 0 Å². The van der Waals surface area contributed by atoms with Crippen molar-refractivity contribution in [3.05, 3.63) is 35.9 Å². The summed E-state index contributed by atoms with van der Waals surface area (Å²) < 4.78 is 0. The first kappa shape index (κ1) is 16.0. The normalized spacial score (nSPS) is 23.8. The van der Waals surface area contributed by atoms with E-state index in [1.165, 1.54) is 31.2 Å². The molecule has 124 valence electrons. The van der Waals surface area contributed by atoms with E-state index in [1.54, 1.807) is 4.90 Å². The second-order valence-corrected chi connectivity index (χ2v) is 6.95. The van der Waals surface area contributed by atoms with Crippen molar-refractivity contribution in [2.45, 2.75) is 44.6 Å². The largest absolute Gasteiger partial charge is 0.349 e. The standard InChI is InChI=1S/C19H26N2O2/c1-21-12-11-16(13-17(21)22)19(23)20-18(15-9-5-6-10-15)14-7-3-2-4-8-14/h2-4,7-8,15-16,18H,5-6,9-13H2,1H3,(H,20,23). The minimum Gasteiger partial charge on any atom is -0.349 e. The van der Waals surface area contributed by atoms with Crippen molar-refractivity contribution in [2.24, 2.45) is 11.8 Å². The van der Waals surface area contributed by atoms with Crippen molar-refractivity contribution in [1.82, 2.24) is 10.2 Å². The Morgan fingerprint density at radius 1 is 1.17 bits per heavy atom. The quantitative estimate of drug-likeness (QED) is 0.929. The van der Waals surface area contributed by atoms with Gasteiger partial charge >= 0.3 is 0 Å². The molecule has 0 aromatic heterocycles. The zero-order chi connectivity index (χ0) is 16.2. The van der Waals surface area contributed by atoms with Crippen LogP contribution in [-0.2, 0) is 9.59 Å². The van der Waals surface area contributed by atoms with E-state index in [0.29, 0.717) is 18.9 Å². The molecule has 2 fully saturated rings. The Bertz CT molecular complexity index is 552. The van der Waals surface area contributed by atoms with Crippen LogP contribution in [-0.4, -0.2) is 30.3 Å². The van der Waals surface area contributed by atoms with Crippen LogP contribution in [0.1, 0.15) is 50.1 Å². The highest BCUT2D eigenvalue weighted by Gasteiger charge is 2.33. The van der Waals surface area contributed by atoms with Crippen molar-refractivity contribution < 1.29 is 9.59 Å². The predicted octanol–water partition coefficient (Wildman–Crippen LogP) is 2.90. The third-order valence-electron chi connectivity index (χ3n) is 5.36.